The standard InChI is InChI=1S/C20H19N3O4S/c1-3-13-21-20(25)17-7-5-6-8-18(17)23-19(24)15-9-11-16(12-10-15)28(26,27)22-14-4-2/h2-3,5-12,22H,1,13-14H2,(H,21,25)(H,23,24). The second kappa shape index (κ2) is 9.50. The van der Waals surface area contributed by atoms with E-state index < -0.39 is 15.9 Å². The van der Waals surface area contributed by atoms with Crippen molar-refractivity contribution in [2.45, 2.75) is 4.90 Å². The molecule has 3 N–H and O–H groups in total. The first-order valence-corrected chi connectivity index (χ1v) is 9.70. The third kappa shape index (κ3) is 5.30. The first-order chi connectivity index (χ1) is 13.4. The second-order valence-corrected chi connectivity index (χ2v) is 7.32. The number of benzene rings is 2. The Labute approximate surface area is 163 Å². The molecule has 0 aromatic heterocycles. The summed E-state index contributed by atoms with van der Waals surface area (Å²) in [6, 6.07) is 11.9. The Kier molecular flexibility index (Phi) is 7.09. The monoisotopic (exact) mass is 397 g/mol. The van der Waals surface area contributed by atoms with Gasteiger partial charge in [0.1, 0.15) is 0 Å². The molecule has 2 amide bonds. The van der Waals surface area contributed by atoms with Crippen LogP contribution in [0.3, 0.4) is 0 Å². The average Bonchev–Trinajstić information content (AvgIpc) is 2.71. The fourth-order valence-electron chi connectivity index (χ4n) is 2.25. The highest BCUT2D eigenvalue weighted by Gasteiger charge is 2.16. The van der Waals surface area contributed by atoms with Crippen molar-refractivity contribution in [1.82, 2.24) is 10.0 Å². The average molecular weight is 397 g/mol. The predicted octanol–water partition coefficient (Wildman–Crippen LogP) is 1.77. The zero-order valence-electron chi connectivity index (χ0n) is 14.9. The molecule has 8 heteroatoms. The van der Waals surface area contributed by atoms with E-state index in [0.717, 1.165) is 0 Å². The molecule has 144 valence electrons. The van der Waals surface area contributed by atoms with Gasteiger partial charge in [0.05, 0.1) is 22.7 Å². The molecule has 2 aromatic carbocycles. The van der Waals surface area contributed by atoms with E-state index in [2.05, 4.69) is 27.9 Å². The van der Waals surface area contributed by atoms with Crippen molar-refractivity contribution in [3.05, 3.63) is 72.3 Å². The molecule has 0 saturated carbocycles. The number of hydrogen-bond donors (Lipinski definition) is 3. The van der Waals surface area contributed by atoms with Crippen LogP contribution in [0.4, 0.5) is 5.69 Å². The zero-order valence-corrected chi connectivity index (χ0v) is 15.8. The molecule has 2 aromatic rings. The van der Waals surface area contributed by atoms with Crippen LogP contribution in [0, 0.1) is 12.3 Å². The van der Waals surface area contributed by atoms with Crippen molar-refractivity contribution < 1.29 is 18.0 Å². The Morgan fingerprint density at radius 2 is 1.75 bits per heavy atom. The third-order valence-corrected chi connectivity index (χ3v) is 5.04. The molecule has 0 radical (unpaired) electrons. The molecule has 0 aliphatic rings. The van der Waals surface area contributed by atoms with E-state index in [1.807, 2.05) is 0 Å². The quantitative estimate of drug-likeness (QED) is 0.466. The molecule has 0 unspecified atom stereocenters. The van der Waals surface area contributed by atoms with Crippen LogP contribution in [-0.4, -0.2) is 33.3 Å². The topological polar surface area (TPSA) is 104 Å². The number of nitrogens with one attached hydrogen (secondary N) is 3. The lowest BCUT2D eigenvalue weighted by molar-refractivity contribution is 0.0959. The molecule has 0 aliphatic heterocycles. The predicted molar refractivity (Wildman–Crippen MR) is 107 cm³/mol. The van der Waals surface area contributed by atoms with Crippen molar-refractivity contribution in [3.8, 4) is 12.3 Å². The lowest BCUT2D eigenvalue weighted by atomic mass is 10.1. The number of carbonyl (C=O) groups is 2. The van der Waals surface area contributed by atoms with Gasteiger partial charge in [0, 0.05) is 12.1 Å². The minimum atomic E-state index is -3.74. The molecular weight excluding hydrogens is 378 g/mol. The van der Waals surface area contributed by atoms with Crippen LogP contribution in [0.1, 0.15) is 20.7 Å². The highest BCUT2D eigenvalue weighted by Crippen LogP contribution is 2.17. The minimum absolute atomic E-state index is 0.0106. The molecular formula is C20H19N3O4S. The molecule has 0 heterocycles. The Balaban J connectivity index is 2.17. The largest absolute Gasteiger partial charge is 0.349 e. The Bertz CT molecular complexity index is 1020. The smallest absolute Gasteiger partial charge is 0.255 e. The number of carbonyl (C=O) groups excluding carboxylic acids is 2. The van der Waals surface area contributed by atoms with E-state index in [9.17, 15) is 18.0 Å². The van der Waals surface area contributed by atoms with Gasteiger partial charge in [-0.3, -0.25) is 9.59 Å². The van der Waals surface area contributed by atoms with Crippen LogP contribution < -0.4 is 15.4 Å². The van der Waals surface area contributed by atoms with E-state index in [1.165, 1.54) is 24.3 Å². The maximum absolute atomic E-state index is 12.5. The summed E-state index contributed by atoms with van der Waals surface area (Å²) in [5.74, 6) is 1.35. The maximum Gasteiger partial charge on any atom is 0.255 e. The molecule has 0 aliphatic carbocycles. The Morgan fingerprint density at radius 1 is 1.07 bits per heavy atom. The van der Waals surface area contributed by atoms with Crippen LogP contribution in [0.5, 0.6) is 0 Å². The number of sulfonamides is 1. The van der Waals surface area contributed by atoms with Crippen molar-refractivity contribution in [3.63, 3.8) is 0 Å². The van der Waals surface area contributed by atoms with E-state index in [1.54, 1.807) is 30.3 Å². The van der Waals surface area contributed by atoms with E-state index in [-0.39, 0.29) is 22.9 Å². The Hall–Kier alpha value is -3.41. The SMILES string of the molecule is C#CCNS(=O)(=O)c1ccc(C(=O)Nc2ccccc2C(=O)NCC=C)cc1. The van der Waals surface area contributed by atoms with Gasteiger partial charge in [-0.2, -0.15) is 4.72 Å². The van der Waals surface area contributed by atoms with Gasteiger partial charge in [-0.25, -0.2) is 8.42 Å². The van der Waals surface area contributed by atoms with Gasteiger partial charge in [0.2, 0.25) is 10.0 Å². The van der Waals surface area contributed by atoms with Crippen LogP contribution >= 0.6 is 0 Å². The molecule has 0 spiro atoms. The van der Waals surface area contributed by atoms with Gasteiger partial charge in [0.25, 0.3) is 11.8 Å². The number of hydrogen-bond acceptors (Lipinski definition) is 4. The summed E-state index contributed by atoms with van der Waals surface area (Å²) in [6.45, 7) is 3.70. The lowest BCUT2D eigenvalue weighted by Gasteiger charge is -2.11. The van der Waals surface area contributed by atoms with Crippen LogP contribution in [0.25, 0.3) is 0 Å². The molecule has 0 atom stereocenters. The van der Waals surface area contributed by atoms with E-state index in [4.69, 9.17) is 6.42 Å². The van der Waals surface area contributed by atoms with Crippen LogP contribution in [0.2, 0.25) is 0 Å². The van der Waals surface area contributed by atoms with Crippen molar-refractivity contribution in [1.29, 1.82) is 0 Å². The molecule has 0 fully saturated rings. The van der Waals surface area contributed by atoms with E-state index >= 15 is 0 Å². The maximum atomic E-state index is 12.5. The molecule has 7 nitrogen and oxygen atoms in total. The van der Waals surface area contributed by atoms with Gasteiger partial charge in [0.15, 0.2) is 0 Å². The number of anilines is 1. The van der Waals surface area contributed by atoms with Crippen molar-refractivity contribution in [2.75, 3.05) is 18.4 Å². The highest BCUT2D eigenvalue weighted by molar-refractivity contribution is 7.89. The Morgan fingerprint density at radius 3 is 2.39 bits per heavy atom. The van der Waals surface area contributed by atoms with Gasteiger partial charge in [-0.05, 0) is 36.4 Å². The minimum Gasteiger partial charge on any atom is -0.349 e. The summed E-state index contributed by atoms with van der Waals surface area (Å²) in [6.07, 6.45) is 6.60. The van der Waals surface area contributed by atoms with Gasteiger partial charge >= 0.3 is 0 Å². The molecule has 2 rings (SSSR count). The van der Waals surface area contributed by atoms with Crippen molar-refractivity contribution in [2.24, 2.45) is 0 Å². The summed E-state index contributed by atoms with van der Waals surface area (Å²) in [5.41, 5.74) is 0.869. The van der Waals surface area contributed by atoms with E-state index in [0.29, 0.717) is 17.8 Å². The summed E-state index contributed by atoms with van der Waals surface area (Å²) in [4.78, 5) is 24.7. The number of para-hydroxylation sites is 1. The first kappa shape index (κ1) is 20.9. The zero-order chi connectivity index (χ0) is 20.6. The summed E-state index contributed by atoms with van der Waals surface area (Å²) >= 11 is 0. The summed E-state index contributed by atoms with van der Waals surface area (Å²) in [7, 11) is -3.74. The first-order valence-electron chi connectivity index (χ1n) is 8.21. The van der Waals surface area contributed by atoms with Gasteiger partial charge < -0.3 is 10.6 Å². The fourth-order valence-corrected chi connectivity index (χ4v) is 3.18. The number of terminal acetylenes is 1. The second-order valence-electron chi connectivity index (χ2n) is 5.55. The molecule has 0 saturated heterocycles. The summed E-state index contributed by atoms with van der Waals surface area (Å²) < 4.78 is 26.3. The highest BCUT2D eigenvalue weighted by atomic mass is 32.2. The van der Waals surface area contributed by atoms with Crippen LogP contribution in [0.15, 0.2) is 66.1 Å². The normalized spacial score (nSPS) is 10.5. The summed E-state index contributed by atoms with van der Waals surface area (Å²) in [5, 5.41) is 5.31. The fraction of sp³-hybridized carbons (Fsp3) is 0.100. The number of amides is 2. The lowest BCUT2D eigenvalue weighted by Crippen LogP contribution is -2.25. The van der Waals surface area contributed by atoms with Gasteiger partial charge in [-0.15, -0.1) is 13.0 Å². The molecule has 0 bridgehead atoms. The third-order valence-electron chi connectivity index (χ3n) is 3.62. The van der Waals surface area contributed by atoms with Gasteiger partial charge in [-0.1, -0.05) is 24.1 Å². The number of rotatable bonds is 8. The molecule has 28 heavy (non-hydrogen) atoms. The van der Waals surface area contributed by atoms with Crippen molar-refractivity contribution >= 4 is 27.5 Å². The van der Waals surface area contributed by atoms with Crippen LogP contribution in [-0.2, 0) is 10.0 Å².